The molecule has 20 heavy (non-hydrogen) atoms. The van der Waals surface area contributed by atoms with Gasteiger partial charge in [0, 0.05) is 5.41 Å². The summed E-state index contributed by atoms with van der Waals surface area (Å²) >= 11 is 0. The van der Waals surface area contributed by atoms with Gasteiger partial charge in [-0.2, -0.15) is 0 Å². The third-order valence-corrected chi connectivity index (χ3v) is 3.95. The third kappa shape index (κ3) is 2.08. The fourth-order valence-corrected chi connectivity index (χ4v) is 2.88. The summed E-state index contributed by atoms with van der Waals surface area (Å²) in [5, 5.41) is 10.0. The van der Waals surface area contributed by atoms with E-state index in [1.54, 1.807) is 0 Å². The topological polar surface area (TPSA) is 37.3 Å². The van der Waals surface area contributed by atoms with Crippen molar-refractivity contribution < 1.29 is 9.90 Å². The van der Waals surface area contributed by atoms with Crippen LogP contribution in [0.4, 0.5) is 0 Å². The monoisotopic (exact) mass is 264 g/mol. The van der Waals surface area contributed by atoms with Crippen molar-refractivity contribution >= 4 is 5.78 Å². The number of allylic oxidation sites excluding steroid dienone is 1. The van der Waals surface area contributed by atoms with Gasteiger partial charge in [-0.25, -0.2) is 0 Å². The zero-order chi connectivity index (χ0) is 14.0. The van der Waals surface area contributed by atoms with Crippen molar-refractivity contribution in [1.29, 1.82) is 0 Å². The molecular weight excluding hydrogens is 248 g/mol. The Labute approximate surface area is 118 Å². The third-order valence-electron chi connectivity index (χ3n) is 3.95. The Hall–Kier alpha value is -2.19. The normalized spacial score (nSPS) is 20.9. The molecule has 2 heteroatoms. The van der Waals surface area contributed by atoms with Crippen LogP contribution in [0.3, 0.4) is 0 Å². The zero-order valence-electron chi connectivity index (χ0n) is 11.1. The van der Waals surface area contributed by atoms with Gasteiger partial charge in [0.15, 0.2) is 5.78 Å². The van der Waals surface area contributed by atoms with Gasteiger partial charge in [0.1, 0.15) is 6.10 Å². The second-order valence-corrected chi connectivity index (χ2v) is 5.16. The smallest absolute Gasteiger partial charge is 0.183 e. The van der Waals surface area contributed by atoms with Crippen molar-refractivity contribution in [3.63, 3.8) is 0 Å². The number of carbonyl (C=O) groups is 1. The van der Waals surface area contributed by atoms with Crippen LogP contribution in [0.1, 0.15) is 17.5 Å². The summed E-state index contributed by atoms with van der Waals surface area (Å²) in [5.74, 6) is -0.215. The summed E-state index contributed by atoms with van der Waals surface area (Å²) in [6, 6.07) is 20.0. The minimum Gasteiger partial charge on any atom is -0.385 e. The Kier molecular flexibility index (Phi) is 3.25. The lowest BCUT2D eigenvalue weighted by Crippen LogP contribution is -2.37. The van der Waals surface area contributed by atoms with Crippen LogP contribution in [0.15, 0.2) is 72.8 Å². The van der Waals surface area contributed by atoms with E-state index in [4.69, 9.17) is 0 Å². The van der Waals surface area contributed by atoms with Gasteiger partial charge < -0.3 is 5.11 Å². The molecule has 0 aliphatic heterocycles. The van der Waals surface area contributed by atoms with Crippen LogP contribution in [0.5, 0.6) is 0 Å². The Morgan fingerprint density at radius 1 is 0.900 bits per heavy atom. The fourth-order valence-electron chi connectivity index (χ4n) is 2.88. The van der Waals surface area contributed by atoms with Gasteiger partial charge in [0.25, 0.3) is 0 Å². The highest BCUT2D eigenvalue weighted by Gasteiger charge is 2.38. The van der Waals surface area contributed by atoms with Crippen LogP contribution in [0.25, 0.3) is 0 Å². The Balaban J connectivity index is 2.19. The van der Waals surface area contributed by atoms with Gasteiger partial charge in [-0.1, -0.05) is 66.7 Å². The van der Waals surface area contributed by atoms with Crippen molar-refractivity contribution in [2.24, 2.45) is 0 Å². The first kappa shape index (κ1) is 12.8. The van der Waals surface area contributed by atoms with Crippen LogP contribution >= 0.6 is 0 Å². The molecule has 100 valence electrons. The number of aliphatic hydroxyl groups excluding tert-OH is 1. The molecule has 0 spiro atoms. The summed E-state index contributed by atoms with van der Waals surface area (Å²) in [5.41, 5.74) is 1.75. The number of ketones is 1. The number of benzene rings is 2. The van der Waals surface area contributed by atoms with Crippen molar-refractivity contribution in [1.82, 2.24) is 0 Å². The Morgan fingerprint density at radius 2 is 1.40 bits per heavy atom. The van der Waals surface area contributed by atoms with Crippen LogP contribution < -0.4 is 0 Å². The van der Waals surface area contributed by atoms with Crippen molar-refractivity contribution in [3.8, 4) is 0 Å². The molecule has 0 unspecified atom stereocenters. The molecule has 2 nitrogen and oxygen atoms in total. The van der Waals surface area contributed by atoms with E-state index in [1.165, 1.54) is 6.08 Å². The minimum atomic E-state index is -0.944. The van der Waals surface area contributed by atoms with Crippen LogP contribution in [-0.2, 0) is 10.2 Å². The quantitative estimate of drug-likeness (QED) is 0.905. The van der Waals surface area contributed by atoms with Gasteiger partial charge >= 0.3 is 0 Å². The fraction of sp³-hybridized carbons (Fsp3) is 0.167. The Bertz CT molecular complexity index is 589. The molecule has 1 N–H and O–H groups in total. The molecule has 0 amide bonds. The maximum Gasteiger partial charge on any atom is 0.183 e. The predicted molar refractivity (Wildman–Crippen MR) is 78.4 cm³/mol. The highest BCUT2D eigenvalue weighted by Crippen LogP contribution is 2.40. The summed E-state index contributed by atoms with van der Waals surface area (Å²) in [6.07, 6.45) is 2.87. The molecular formula is C18H16O2. The summed E-state index contributed by atoms with van der Waals surface area (Å²) < 4.78 is 0. The Morgan fingerprint density at radius 3 is 1.85 bits per heavy atom. The number of aliphatic hydroxyl groups is 1. The van der Waals surface area contributed by atoms with E-state index < -0.39 is 11.5 Å². The first-order valence-corrected chi connectivity index (χ1v) is 6.74. The van der Waals surface area contributed by atoms with E-state index >= 15 is 0 Å². The van der Waals surface area contributed by atoms with E-state index in [-0.39, 0.29) is 5.78 Å². The van der Waals surface area contributed by atoms with E-state index in [2.05, 4.69) is 0 Å². The molecule has 0 heterocycles. The average molecular weight is 264 g/mol. The molecule has 0 bridgehead atoms. The lowest BCUT2D eigenvalue weighted by molar-refractivity contribution is -0.123. The molecule has 1 aliphatic carbocycles. The highest BCUT2D eigenvalue weighted by molar-refractivity contribution is 5.95. The van der Waals surface area contributed by atoms with Crippen LogP contribution in [-0.4, -0.2) is 17.0 Å². The minimum absolute atomic E-state index is 0.215. The number of carbonyl (C=O) groups excluding carboxylic acids is 1. The standard InChI is InChI=1S/C18H16O2/c19-16-11-12-18(13-17(16)20,14-7-3-1-4-8-14)15-9-5-2-6-10-15/h1-12,17,20H,13H2/t17-/m1/s1. The average Bonchev–Trinajstić information content (AvgIpc) is 2.52. The molecule has 2 aromatic carbocycles. The molecule has 0 radical (unpaired) electrons. The maximum absolute atomic E-state index is 11.6. The summed E-state index contributed by atoms with van der Waals surface area (Å²) in [4.78, 5) is 11.6. The molecule has 0 fully saturated rings. The second kappa shape index (κ2) is 5.06. The molecule has 0 aromatic heterocycles. The predicted octanol–water partition coefficient (Wildman–Crippen LogP) is 2.86. The SMILES string of the molecule is O=C1C=CC(c2ccccc2)(c2ccccc2)C[C@H]1O. The molecule has 1 atom stereocenters. The first-order chi connectivity index (χ1) is 9.72. The molecule has 1 aliphatic rings. The lowest BCUT2D eigenvalue weighted by atomic mass is 9.68. The van der Waals surface area contributed by atoms with Gasteiger partial charge in [0.05, 0.1) is 0 Å². The van der Waals surface area contributed by atoms with Gasteiger partial charge in [-0.3, -0.25) is 4.79 Å². The van der Waals surface area contributed by atoms with Gasteiger partial charge in [0.2, 0.25) is 0 Å². The molecule has 3 rings (SSSR count). The van der Waals surface area contributed by atoms with Crippen LogP contribution in [0.2, 0.25) is 0 Å². The summed E-state index contributed by atoms with van der Waals surface area (Å²) in [6.45, 7) is 0. The summed E-state index contributed by atoms with van der Waals surface area (Å²) in [7, 11) is 0. The largest absolute Gasteiger partial charge is 0.385 e. The molecule has 0 saturated carbocycles. The number of hydrogen-bond acceptors (Lipinski definition) is 2. The first-order valence-electron chi connectivity index (χ1n) is 6.74. The van der Waals surface area contributed by atoms with E-state index in [0.29, 0.717) is 6.42 Å². The number of hydrogen-bond donors (Lipinski definition) is 1. The van der Waals surface area contributed by atoms with Crippen molar-refractivity contribution in [2.45, 2.75) is 17.9 Å². The van der Waals surface area contributed by atoms with Gasteiger partial charge in [-0.15, -0.1) is 0 Å². The van der Waals surface area contributed by atoms with E-state index in [9.17, 15) is 9.90 Å². The molecule has 0 saturated heterocycles. The van der Waals surface area contributed by atoms with Gasteiger partial charge in [-0.05, 0) is 23.6 Å². The van der Waals surface area contributed by atoms with E-state index in [0.717, 1.165) is 11.1 Å². The van der Waals surface area contributed by atoms with Crippen molar-refractivity contribution in [2.75, 3.05) is 0 Å². The number of rotatable bonds is 2. The second-order valence-electron chi connectivity index (χ2n) is 5.16. The molecule has 2 aromatic rings. The van der Waals surface area contributed by atoms with Crippen molar-refractivity contribution in [3.05, 3.63) is 83.9 Å². The van der Waals surface area contributed by atoms with Crippen LogP contribution in [0, 0.1) is 0 Å². The zero-order valence-corrected chi connectivity index (χ0v) is 11.1. The maximum atomic E-state index is 11.6. The van der Waals surface area contributed by atoms with E-state index in [1.807, 2.05) is 66.7 Å². The highest BCUT2D eigenvalue weighted by atomic mass is 16.3. The lowest BCUT2D eigenvalue weighted by Gasteiger charge is -2.36.